The van der Waals surface area contributed by atoms with Gasteiger partial charge in [-0.3, -0.25) is 15.1 Å². The van der Waals surface area contributed by atoms with Gasteiger partial charge in [0.2, 0.25) is 0 Å². The average molecular weight is 268 g/mol. The summed E-state index contributed by atoms with van der Waals surface area (Å²) in [6, 6.07) is 0. The molecule has 1 aromatic heterocycles. The van der Waals surface area contributed by atoms with Gasteiger partial charge < -0.3 is 15.8 Å². The summed E-state index contributed by atoms with van der Waals surface area (Å²) < 4.78 is 4.54. The molecule has 0 aromatic carbocycles. The number of nitrogens with zero attached hydrogens (tertiary/aromatic N) is 2. The first-order chi connectivity index (χ1) is 8.93. The van der Waals surface area contributed by atoms with Crippen LogP contribution < -0.4 is 11.1 Å². The molecular formula is C11H16N4O4. The minimum Gasteiger partial charge on any atom is -0.448 e. The van der Waals surface area contributed by atoms with Gasteiger partial charge in [0, 0.05) is 30.4 Å². The van der Waals surface area contributed by atoms with Crippen molar-refractivity contribution in [2.24, 2.45) is 5.73 Å². The molecule has 0 aliphatic carbocycles. The number of hydrogen-bond donors (Lipinski definition) is 2. The highest BCUT2D eigenvalue weighted by Gasteiger charge is 2.18. The SMILES string of the molecule is Cc1cnc(CNCCOC(N)=O)c(C)c1[N+](=O)[O-]. The predicted molar refractivity (Wildman–Crippen MR) is 67.6 cm³/mol. The number of primary amides is 1. The number of pyridine rings is 1. The van der Waals surface area contributed by atoms with Crippen LogP contribution in [0.2, 0.25) is 0 Å². The van der Waals surface area contributed by atoms with Gasteiger partial charge in [-0.2, -0.15) is 0 Å². The minimum atomic E-state index is -0.831. The van der Waals surface area contributed by atoms with Crippen LogP contribution in [-0.2, 0) is 11.3 Å². The van der Waals surface area contributed by atoms with Crippen molar-refractivity contribution >= 4 is 11.8 Å². The highest BCUT2D eigenvalue weighted by atomic mass is 16.6. The van der Waals surface area contributed by atoms with Crippen molar-refractivity contribution in [3.05, 3.63) is 33.1 Å². The number of carbonyl (C=O) groups excluding carboxylic acids is 1. The van der Waals surface area contributed by atoms with Crippen molar-refractivity contribution in [2.45, 2.75) is 20.4 Å². The molecule has 1 aromatic rings. The molecule has 8 nitrogen and oxygen atoms in total. The van der Waals surface area contributed by atoms with Gasteiger partial charge in [-0.25, -0.2) is 4.79 Å². The fourth-order valence-corrected chi connectivity index (χ4v) is 1.65. The summed E-state index contributed by atoms with van der Waals surface area (Å²) in [6.45, 7) is 4.20. The van der Waals surface area contributed by atoms with Gasteiger partial charge in [0.15, 0.2) is 0 Å². The summed E-state index contributed by atoms with van der Waals surface area (Å²) in [4.78, 5) is 25.0. The van der Waals surface area contributed by atoms with Gasteiger partial charge in [0.05, 0.1) is 10.6 Å². The van der Waals surface area contributed by atoms with Crippen molar-refractivity contribution in [1.29, 1.82) is 0 Å². The Labute approximate surface area is 110 Å². The second kappa shape index (κ2) is 6.64. The molecule has 0 aliphatic rings. The maximum Gasteiger partial charge on any atom is 0.404 e. The molecule has 104 valence electrons. The maximum atomic E-state index is 10.9. The molecule has 0 radical (unpaired) electrons. The molecule has 0 saturated heterocycles. The van der Waals surface area contributed by atoms with Crippen molar-refractivity contribution in [3.8, 4) is 0 Å². The number of aromatic nitrogens is 1. The van der Waals surface area contributed by atoms with E-state index in [2.05, 4.69) is 15.0 Å². The predicted octanol–water partition coefficient (Wildman–Crippen LogP) is 0.792. The normalized spacial score (nSPS) is 10.2. The molecule has 3 N–H and O–H groups in total. The largest absolute Gasteiger partial charge is 0.448 e. The second-order valence-electron chi connectivity index (χ2n) is 3.96. The second-order valence-corrected chi connectivity index (χ2v) is 3.96. The van der Waals surface area contributed by atoms with Crippen LogP contribution in [0.25, 0.3) is 0 Å². The van der Waals surface area contributed by atoms with Crippen LogP contribution >= 0.6 is 0 Å². The van der Waals surface area contributed by atoms with E-state index in [0.717, 1.165) is 0 Å². The zero-order chi connectivity index (χ0) is 14.4. The van der Waals surface area contributed by atoms with Crippen LogP contribution in [0.1, 0.15) is 16.8 Å². The van der Waals surface area contributed by atoms with E-state index in [0.29, 0.717) is 29.9 Å². The number of aryl methyl sites for hydroxylation is 1. The topological polar surface area (TPSA) is 120 Å². The fraction of sp³-hybridized carbons (Fsp3) is 0.455. The molecule has 0 fully saturated rings. The first-order valence-electron chi connectivity index (χ1n) is 5.66. The molecular weight excluding hydrogens is 252 g/mol. The van der Waals surface area contributed by atoms with E-state index < -0.39 is 11.0 Å². The van der Waals surface area contributed by atoms with E-state index in [9.17, 15) is 14.9 Å². The number of hydrogen-bond acceptors (Lipinski definition) is 6. The number of nitro groups is 1. The van der Waals surface area contributed by atoms with Crippen molar-refractivity contribution in [1.82, 2.24) is 10.3 Å². The van der Waals surface area contributed by atoms with Crippen LogP contribution in [0, 0.1) is 24.0 Å². The Bertz CT molecular complexity index is 490. The Morgan fingerprint density at radius 1 is 1.58 bits per heavy atom. The molecule has 19 heavy (non-hydrogen) atoms. The number of nitrogens with one attached hydrogen (secondary N) is 1. The van der Waals surface area contributed by atoms with Gasteiger partial charge in [-0.05, 0) is 13.8 Å². The summed E-state index contributed by atoms with van der Waals surface area (Å²) >= 11 is 0. The number of ether oxygens (including phenoxy) is 1. The molecule has 0 atom stereocenters. The lowest BCUT2D eigenvalue weighted by Gasteiger charge is -2.08. The van der Waals surface area contributed by atoms with Crippen LogP contribution in [0.5, 0.6) is 0 Å². The van der Waals surface area contributed by atoms with Gasteiger partial charge in [0.1, 0.15) is 6.61 Å². The lowest BCUT2D eigenvalue weighted by atomic mass is 10.1. The third-order valence-corrected chi connectivity index (χ3v) is 2.57. The quantitative estimate of drug-likeness (QED) is 0.447. The molecule has 0 saturated carbocycles. The fourth-order valence-electron chi connectivity index (χ4n) is 1.65. The average Bonchev–Trinajstić information content (AvgIpc) is 2.30. The summed E-state index contributed by atoms with van der Waals surface area (Å²) in [5, 5.41) is 13.9. The number of rotatable bonds is 6. The van der Waals surface area contributed by atoms with Crippen LogP contribution in [-0.4, -0.2) is 29.2 Å². The summed E-state index contributed by atoms with van der Waals surface area (Å²) in [5.41, 5.74) is 6.55. The molecule has 1 rings (SSSR count). The Balaban J connectivity index is 2.62. The Hall–Kier alpha value is -2.22. The highest BCUT2D eigenvalue weighted by molar-refractivity contribution is 5.64. The van der Waals surface area contributed by atoms with E-state index in [4.69, 9.17) is 5.73 Å². The van der Waals surface area contributed by atoms with Gasteiger partial charge in [-0.15, -0.1) is 0 Å². The molecule has 0 unspecified atom stereocenters. The van der Waals surface area contributed by atoms with E-state index in [1.807, 2.05) is 0 Å². The van der Waals surface area contributed by atoms with Gasteiger partial charge >= 0.3 is 6.09 Å². The van der Waals surface area contributed by atoms with E-state index in [1.165, 1.54) is 6.20 Å². The minimum absolute atomic E-state index is 0.0835. The molecule has 8 heteroatoms. The molecule has 0 aliphatic heterocycles. The summed E-state index contributed by atoms with van der Waals surface area (Å²) in [6.07, 6.45) is 0.643. The lowest BCUT2D eigenvalue weighted by molar-refractivity contribution is -0.386. The van der Waals surface area contributed by atoms with Gasteiger partial charge in [-0.1, -0.05) is 0 Å². The van der Waals surface area contributed by atoms with Crippen LogP contribution in [0.4, 0.5) is 10.5 Å². The third-order valence-electron chi connectivity index (χ3n) is 2.57. The number of amides is 1. The van der Waals surface area contributed by atoms with Crippen molar-refractivity contribution < 1.29 is 14.5 Å². The first-order valence-corrected chi connectivity index (χ1v) is 5.66. The van der Waals surface area contributed by atoms with Crippen molar-refractivity contribution in [2.75, 3.05) is 13.2 Å². The van der Waals surface area contributed by atoms with E-state index >= 15 is 0 Å². The Morgan fingerprint density at radius 3 is 2.84 bits per heavy atom. The van der Waals surface area contributed by atoms with E-state index in [-0.39, 0.29) is 12.3 Å². The summed E-state index contributed by atoms with van der Waals surface area (Å²) in [5.74, 6) is 0. The Morgan fingerprint density at radius 2 is 2.26 bits per heavy atom. The number of carbonyl (C=O) groups is 1. The molecule has 1 amide bonds. The van der Waals surface area contributed by atoms with Crippen LogP contribution in [0.15, 0.2) is 6.20 Å². The smallest absolute Gasteiger partial charge is 0.404 e. The van der Waals surface area contributed by atoms with Crippen LogP contribution in [0.3, 0.4) is 0 Å². The Kier molecular flexibility index (Phi) is 5.19. The third kappa shape index (κ3) is 4.18. The zero-order valence-corrected chi connectivity index (χ0v) is 10.8. The lowest BCUT2D eigenvalue weighted by Crippen LogP contribution is -2.24. The monoisotopic (exact) mass is 268 g/mol. The molecule has 0 spiro atoms. The van der Waals surface area contributed by atoms with Gasteiger partial charge in [0.25, 0.3) is 5.69 Å². The standard InChI is InChI=1S/C11H16N4O4/c1-7-5-14-9(8(2)10(7)15(17)18)6-13-3-4-19-11(12)16/h5,13H,3-4,6H2,1-2H3,(H2,12,16). The zero-order valence-electron chi connectivity index (χ0n) is 10.8. The maximum absolute atomic E-state index is 10.9. The highest BCUT2D eigenvalue weighted by Crippen LogP contribution is 2.23. The first kappa shape index (κ1) is 14.8. The van der Waals surface area contributed by atoms with E-state index in [1.54, 1.807) is 13.8 Å². The molecule has 0 bridgehead atoms. The molecule has 1 heterocycles. The number of nitrogens with two attached hydrogens (primary N) is 1. The summed E-state index contributed by atoms with van der Waals surface area (Å²) in [7, 11) is 0. The van der Waals surface area contributed by atoms with Crippen molar-refractivity contribution in [3.63, 3.8) is 0 Å².